The highest BCUT2D eigenvalue weighted by molar-refractivity contribution is 5.84. The van der Waals surface area contributed by atoms with Crippen molar-refractivity contribution < 1.29 is 14.7 Å². The zero-order chi connectivity index (χ0) is 15.3. The number of amides is 1. The van der Waals surface area contributed by atoms with E-state index in [0.717, 1.165) is 0 Å². The van der Waals surface area contributed by atoms with Crippen LogP contribution in [-0.2, 0) is 23.1 Å². The standard InChI is InChI=1S/C13H22N4O3/c1-9(2)13(3,12(19)20)7-11(18)14-6-5-10-15-8-17(4)16-10/h8-9H,5-7H2,1-4H3,(H,14,18)(H,19,20). The van der Waals surface area contributed by atoms with Crippen LogP contribution in [0.5, 0.6) is 0 Å². The lowest BCUT2D eigenvalue weighted by atomic mass is 9.76. The minimum atomic E-state index is -1.05. The van der Waals surface area contributed by atoms with Gasteiger partial charge in [0, 0.05) is 26.4 Å². The van der Waals surface area contributed by atoms with Crippen molar-refractivity contribution in [2.45, 2.75) is 33.6 Å². The van der Waals surface area contributed by atoms with Crippen LogP contribution in [0.4, 0.5) is 0 Å². The molecule has 0 saturated carbocycles. The van der Waals surface area contributed by atoms with E-state index in [2.05, 4.69) is 15.4 Å². The van der Waals surface area contributed by atoms with E-state index in [1.54, 1.807) is 38.8 Å². The van der Waals surface area contributed by atoms with Gasteiger partial charge in [0.25, 0.3) is 0 Å². The van der Waals surface area contributed by atoms with Crippen LogP contribution in [-0.4, -0.2) is 38.3 Å². The first-order valence-corrected chi connectivity index (χ1v) is 6.60. The molecule has 1 amide bonds. The lowest BCUT2D eigenvalue weighted by molar-refractivity contribution is -0.153. The predicted octanol–water partition coefficient (Wildman–Crippen LogP) is 0.611. The Morgan fingerprint density at radius 1 is 1.50 bits per heavy atom. The molecule has 0 bridgehead atoms. The molecule has 0 aliphatic rings. The van der Waals surface area contributed by atoms with E-state index in [9.17, 15) is 14.7 Å². The fraction of sp³-hybridized carbons (Fsp3) is 0.692. The maximum Gasteiger partial charge on any atom is 0.310 e. The van der Waals surface area contributed by atoms with Crippen molar-refractivity contribution in [3.8, 4) is 0 Å². The van der Waals surface area contributed by atoms with Crippen molar-refractivity contribution in [2.75, 3.05) is 6.54 Å². The van der Waals surface area contributed by atoms with Gasteiger partial charge in [-0.25, -0.2) is 4.98 Å². The lowest BCUT2D eigenvalue weighted by Gasteiger charge is -2.28. The second-order valence-corrected chi connectivity index (χ2v) is 5.49. The normalized spacial score (nSPS) is 14.1. The van der Waals surface area contributed by atoms with Gasteiger partial charge >= 0.3 is 5.97 Å². The van der Waals surface area contributed by atoms with Crippen molar-refractivity contribution in [1.82, 2.24) is 20.1 Å². The summed E-state index contributed by atoms with van der Waals surface area (Å²) < 4.78 is 1.59. The average Bonchev–Trinajstić information content (AvgIpc) is 2.74. The summed E-state index contributed by atoms with van der Waals surface area (Å²) >= 11 is 0. The van der Waals surface area contributed by atoms with Gasteiger partial charge in [0.2, 0.25) is 5.91 Å². The predicted molar refractivity (Wildman–Crippen MR) is 72.9 cm³/mol. The lowest BCUT2D eigenvalue weighted by Crippen LogP contribution is -2.39. The van der Waals surface area contributed by atoms with Crippen LogP contribution < -0.4 is 5.32 Å². The minimum Gasteiger partial charge on any atom is -0.481 e. The summed E-state index contributed by atoms with van der Waals surface area (Å²) in [6, 6.07) is 0. The van der Waals surface area contributed by atoms with Gasteiger partial charge in [0.1, 0.15) is 6.33 Å². The summed E-state index contributed by atoms with van der Waals surface area (Å²) in [4.78, 5) is 27.2. The van der Waals surface area contributed by atoms with E-state index in [-0.39, 0.29) is 18.2 Å². The molecule has 0 aliphatic heterocycles. The highest BCUT2D eigenvalue weighted by Gasteiger charge is 2.38. The quantitative estimate of drug-likeness (QED) is 0.763. The zero-order valence-corrected chi connectivity index (χ0v) is 12.4. The number of hydrogen-bond donors (Lipinski definition) is 2. The molecule has 0 saturated heterocycles. The summed E-state index contributed by atoms with van der Waals surface area (Å²) in [5.41, 5.74) is -1.05. The van der Waals surface area contributed by atoms with Crippen molar-refractivity contribution in [3.63, 3.8) is 0 Å². The third-order valence-electron chi connectivity index (χ3n) is 3.61. The summed E-state index contributed by atoms with van der Waals surface area (Å²) in [5.74, 6) is -0.686. The number of nitrogens with one attached hydrogen (secondary N) is 1. The Hall–Kier alpha value is -1.92. The smallest absolute Gasteiger partial charge is 0.310 e. The number of carbonyl (C=O) groups excluding carboxylic acids is 1. The van der Waals surface area contributed by atoms with Gasteiger partial charge in [0.05, 0.1) is 5.41 Å². The van der Waals surface area contributed by atoms with Crippen LogP contribution in [0.2, 0.25) is 0 Å². The maximum atomic E-state index is 11.8. The molecule has 7 heteroatoms. The van der Waals surface area contributed by atoms with Gasteiger partial charge in [-0.15, -0.1) is 0 Å². The van der Waals surface area contributed by atoms with Crippen LogP contribution in [0.25, 0.3) is 0 Å². The number of carboxylic acids is 1. The van der Waals surface area contributed by atoms with Crippen molar-refractivity contribution in [3.05, 3.63) is 12.2 Å². The molecule has 7 nitrogen and oxygen atoms in total. The van der Waals surface area contributed by atoms with Crippen molar-refractivity contribution in [1.29, 1.82) is 0 Å². The topological polar surface area (TPSA) is 97.1 Å². The van der Waals surface area contributed by atoms with E-state index in [1.165, 1.54) is 0 Å². The Bertz CT molecular complexity index is 484. The largest absolute Gasteiger partial charge is 0.481 e. The number of aliphatic carboxylic acids is 1. The Balaban J connectivity index is 2.45. The van der Waals surface area contributed by atoms with E-state index < -0.39 is 11.4 Å². The molecular formula is C13H22N4O3. The maximum absolute atomic E-state index is 11.8. The SMILES string of the molecule is CC(C)C(C)(CC(=O)NCCc1ncn(C)n1)C(=O)O. The molecule has 0 aliphatic carbocycles. The molecule has 20 heavy (non-hydrogen) atoms. The number of aromatic nitrogens is 3. The molecule has 1 heterocycles. The molecule has 1 aromatic heterocycles. The van der Waals surface area contributed by atoms with Gasteiger partial charge in [-0.05, 0) is 12.8 Å². The van der Waals surface area contributed by atoms with Crippen molar-refractivity contribution >= 4 is 11.9 Å². The Labute approximate surface area is 118 Å². The Kier molecular flexibility index (Phi) is 5.24. The van der Waals surface area contributed by atoms with Crippen LogP contribution in [0, 0.1) is 11.3 Å². The Morgan fingerprint density at radius 3 is 2.60 bits per heavy atom. The molecule has 0 aromatic carbocycles. The summed E-state index contributed by atoms with van der Waals surface area (Å²) in [6.07, 6.45) is 2.09. The number of carboxylic acid groups (broad SMARTS) is 1. The van der Waals surface area contributed by atoms with Crippen LogP contribution in [0.1, 0.15) is 33.0 Å². The third kappa shape index (κ3) is 4.04. The molecule has 0 spiro atoms. The average molecular weight is 282 g/mol. The second-order valence-electron chi connectivity index (χ2n) is 5.49. The number of nitrogens with zero attached hydrogens (tertiary/aromatic N) is 3. The molecule has 1 unspecified atom stereocenters. The molecule has 2 N–H and O–H groups in total. The first-order chi connectivity index (χ1) is 9.25. The minimum absolute atomic E-state index is 0.0321. The van der Waals surface area contributed by atoms with Crippen LogP contribution >= 0.6 is 0 Å². The molecule has 0 radical (unpaired) electrons. The highest BCUT2D eigenvalue weighted by atomic mass is 16.4. The third-order valence-corrected chi connectivity index (χ3v) is 3.61. The number of aryl methyl sites for hydroxylation is 1. The van der Waals surface area contributed by atoms with Crippen molar-refractivity contribution in [2.24, 2.45) is 18.4 Å². The second kappa shape index (κ2) is 6.49. The van der Waals surface area contributed by atoms with Gasteiger partial charge in [0.15, 0.2) is 5.82 Å². The van der Waals surface area contributed by atoms with E-state index in [0.29, 0.717) is 18.8 Å². The van der Waals surface area contributed by atoms with Gasteiger partial charge in [-0.1, -0.05) is 13.8 Å². The molecule has 1 aromatic rings. The van der Waals surface area contributed by atoms with Gasteiger partial charge in [-0.2, -0.15) is 5.10 Å². The first-order valence-electron chi connectivity index (χ1n) is 6.60. The van der Waals surface area contributed by atoms with E-state index in [1.807, 2.05) is 0 Å². The van der Waals surface area contributed by atoms with Crippen LogP contribution in [0.3, 0.4) is 0 Å². The molecule has 1 atom stereocenters. The molecular weight excluding hydrogens is 260 g/mol. The van der Waals surface area contributed by atoms with E-state index in [4.69, 9.17) is 0 Å². The fourth-order valence-corrected chi connectivity index (χ4v) is 1.73. The summed E-state index contributed by atoms with van der Waals surface area (Å²) in [7, 11) is 1.77. The van der Waals surface area contributed by atoms with Gasteiger partial charge in [-0.3, -0.25) is 14.3 Å². The zero-order valence-electron chi connectivity index (χ0n) is 12.4. The molecule has 0 fully saturated rings. The Morgan fingerprint density at radius 2 is 2.15 bits per heavy atom. The number of rotatable bonds is 7. The first kappa shape index (κ1) is 16.1. The van der Waals surface area contributed by atoms with Crippen LogP contribution in [0.15, 0.2) is 6.33 Å². The molecule has 1 rings (SSSR count). The summed E-state index contributed by atoms with van der Waals surface area (Å²) in [6.45, 7) is 5.61. The highest BCUT2D eigenvalue weighted by Crippen LogP contribution is 2.31. The van der Waals surface area contributed by atoms with E-state index >= 15 is 0 Å². The molecule has 112 valence electrons. The summed E-state index contributed by atoms with van der Waals surface area (Å²) in [5, 5.41) is 16.1. The monoisotopic (exact) mass is 282 g/mol. The number of hydrogen-bond acceptors (Lipinski definition) is 4. The van der Waals surface area contributed by atoms with Gasteiger partial charge < -0.3 is 10.4 Å². The number of carbonyl (C=O) groups is 2. The fourth-order valence-electron chi connectivity index (χ4n) is 1.73.